The van der Waals surface area contributed by atoms with E-state index in [-0.39, 0.29) is 0 Å². The Morgan fingerprint density at radius 1 is 1.33 bits per heavy atom. The van der Waals surface area contributed by atoms with Crippen LogP contribution in [0.4, 0.5) is 0 Å². The summed E-state index contributed by atoms with van der Waals surface area (Å²) in [5.74, 6) is 0.654. The Morgan fingerprint density at radius 3 is 2.73 bits per heavy atom. The molecule has 0 aliphatic rings. The van der Waals surface area contributed by atoms with Crippen molar-refractivity contribution in [2.24, 2.45) is 0 Å². The number of methoxy groups -OCH3 is 1. The molecule has 0 amide bonds. The highest BCUT2D eigenvalue weighted by molar-refractivity contribution is 7.84. The molecule has 2 rings (SSSR count). The van der Waals surface area contributed by atoms with E-state index >= 15 is 0 Å². The summed E-state index contributed by atoms with van der Waals surface area (Å²) in [6, 6.07) is 7.64. The van der Waals surface area contributed by atoms with Crippen molar-refractivity contribution in [3.8, 4) is 5.75 Å². The number of hydrogen-bond acceptors (Lipinski definition) is 3. The van der Waals surface area contributed by atoms with Crippen LogP contribution in [0.2, 0.25) is 0 Å². The zero-order chi connectivity index (χ0) is 10.8. The maximum absolute atomic E-state index is 11.5. The molecule has 0 spiro atoms. The van der Waals surface area contributed by atoms with Crippen molar-refractivity contribution in [3.63, 3.8) is 0 Å². The third-order valence-electron chi connectivity index (χ3n) is 2.21. The molecule has 3 nitrogen and oxygen atoms in total. The molecule has 15 heavy (non-hydrogen) atoms. The van der Waals surface area contributed by atoms with E-state index in [0.717, 1.165) is 10.9 Å². The van der Waals surface area contributed by atoms with Gasteiger partial charge in [-0.2, -0.15) is 0 Å². The molecule has 4 heteroatoms. The predicted octanol–water partition coefficient (Wildman–Crippen LogP) is 1.98. The average Bonchev–Trinajstić information content (AvgIpc) is 2.27. The minimum Gasteiger partial charge on any atom is -0.495 e. The lowest BCUT2D eigenvalue weighted by molar-refractivity contribution is 0.409. The summed E-state index contributed by atoms with van der Waals surface area (Å²) < 4.78 is 16.7. The van der Waals surface area contributed by atoms with Gasteiger partial charge >= 0.3 is 0 Å². The molecule has 0 aliphatic heterocycles. The Bertz CT molecular complexity index is 525. The standard InChI is InChI=1S/C11H11NO2S/c1-14-11-8-5-3-4-6-9(8)12-7-10(11)15(2)13/h3-7H,1-2H3. The van der Waals surface area contributed by atoms with Crippen molar-refractivity contribution in [1.29, 1.82) is 0 Å². The largest absolute Gasteiger partial charge is 0.495 e. The zero-order valence-electron chi connectivity index (χ0n) is 8.56. The third kappa shape index (κ3) is 1.72. The topological polar surface area (TPSA) is 39.2 Å². The van der Waals surface area contributed by atoms with Gasteiger partial charge in [0, 0.05) is 17.8 Å². The number of fused-ring (bicyclic) bond motifs is 1. The second kappa shape index (κ2) is 3.98. The number of para-hydroxylation sites is 1. The summed E-state index contributed by atoms with van der Waals surface area (Å²) in [5, 5.41) is 0.896. The van der Waals surface area contributed by atoms with Crippen LogP contribution >= 0.6 is 0 Å². The van der Waals surface area contributed by atoms with Gasteiger partial charge in [0.2, 0.25) is 0 Å². The highest BCUT2D eigenvalue weighted by Gasteiger charge is 2.11. The Labute approximate surface area is 90.6 Å². The van der Waals surface area contributed by atoms with E-state index in [9.17, 15) is 4.21 Å². The van der Waals surface area contributed by atoms with Crippen LogP contribution in [-0.2, 0) is 10.8 Å². The van der Waals surface area contributed by atoms with Crippen LogP contribution in [0, 0.1) is 0 Å². The minimum absolute atomic E-state index is 0.635. The van der Waals surface area contributed by atoms with Gasteiger partial charge in [0.05, 0.1) is 28.3 Å². The molecule has 0 fully saturated rings. The number of benzene rings is 1. The monoisotopic (exact) mass is 221 g/mol. The molecular formula is C11H11NO2S. The first kappa shape index (κ1) is 10.1. The lowest BCUT2D eigenvalue weighted by Gasteiger charge is -2.08. The van der Waals surface area contributed by atoms with E-state index in [4.69, 9.17) is 4.74 Å². The first-order chi connectivity index (χ1) is 7.24. The molecule has 1 aromatic carbocycles. The van der Waals surface area contributed by atoms with E-state index in [0.29, 0.717) is 10.6 Å². The Balaban J connectivity index is 2.81. The minimum atomic E-state index is -1.08. The second-order valence-electron chi connectivity index (χ2n) is 3.13. The number of pyridine rings is 1. The fourth-order valence-electron chi connectivity index (χ4n) is 1.51. The predicted molar refractivity (Wildman–Crippen MR) is 60.6 cm³/mol. The Kier molecular flexibility index (Phi) is 2.68. The van der Waals surface area contributed by atoms with E-state index in [1.165, 1.54) is 0 Å². The van der Waals surface area contributed by atoms with Crippen LogP contribution in [0.5, 0.6) is 5.75 Å². The van der Waals surface area contributed by atoms with Crippen LogP contribution in [0.3, 0.4) is 0 Å². The van der Waals surface area contributed by atoms with Gasteiger partial charge in [-0.3, -0.25) is 9.19 Å². The SMILES string of the molecule is COc1c(S(C)=O)cnc2ccccc12. The average molecular weight is 221 g/mol. The number of ether oxygens (including phenoxy) is 1. The Hall–Kier alpha value is -1.42. The molecule has 0 saturated heterocycles. The van der Waals surface area contributed by atoms with Crippen LogP contribution in [0.15, 0.2) is 35.4 Å². The summed E-state index contributed by atoms with van der Waals surface area (Å²) >= 11 is 0. The number of aromatic nitrogens is 1. The molecule has 0 saturated carbocycles. The fourth-order valence-corrected chi connectivity index (χ4v) is 2.17. The molecule has 1 atom stereocenters. The maximum Gasteiger partial charge on any atom is 0.145 e. The lowest BCUT2D eigenvalue weighted by Crippen LogP contribution is -1.96. The first-order valence-electron chi connectivity index (χ1n) is 4.49. The summed E-state index contributed by atoms with van der Waals surface area (Å²) in [4.78, 5) is 4.87. The summed E-state index contributed by atoms with van der Waals surface area (Å²) in [6.07, 6.45) is 3.23. The number of nitrogens with zero attached hydrogens (tertiary/aromatic N) is 1. The normalized spacial score (nSPS) is 12.7. The molecule has 1 aromatic heterocycles. The molecule has 78 valence electrons. The molecule has 1 unspecified atom stereocenters. The molecular weight excluding hydrogens is 210 g/mol. The van der Waals surface area contributed by atoms with E-state index in [2.05, 4.69) is 4.98 Å². The van der Waals surface area contributed by atoms with Crippen LogP contribution < -0.4 is 4.74 Å². The van der Waals surface area contributed by atoms with Crippen molar-refractivity contribution in [3.05, 3.63) is 30.5 Å². The molecule has 1 heterocycles. The fraction of sp³-hybridized carbons (Fsp3) is 0.182. The van der Waals surface area contributed by atoms with Crippen molar-refractivity contribution in [2.45, 2.75) is 4.90 Å². The van der Waals surface area contributed by atoms with Gasteiger partial charge in [-0.15, -0.1) is 0 Å². The highest BCUT2D eigenvalue weighted by Crippen LogP contribution is 2.29. The van der Waals surface area contributed by atoms with Crippen molar-refractivity contribution in [1.82, 2.24) is 4.98 Å². The Morgan fingerprint density at radius 2 is 2.07 bits per heavy atom. The molecule has 0 N–H and O–H groups in total. The van der Waals surface area contributed by atoms with Gasteiger partial charge in [0.1, 0.15) is 5.75 Å². The number of rotatable bonds is 2. The van der Waals surface area contributed by atoms with Crippen molar-refractivity contribution >= 4 is 21.7 Å². The van der Waals surface area contributed by atoms with Crippen molar-refractivity contribution in [2.75, 3.05) is 13.4 Å². The molecule has 0 aliphatic carbocycles. The third-order valence-corrected chi connectivity index (χ3v) is 3.12. The van der Waals surface area contributed by atoms with E-state index < -0.39 is 10.8 Å². The lowest BCUT2D eigenvalue weighted by atomic mass is 10.2. The highest BCUT2D eigenvalue weighted by atomic mass is 32.2. The molecule has 2 aromatic rings. The van der Waals surface area contributed by atoms with Gasteiger partial charge in [-0.1, -0.05) is 12.1 Å². The number of hydrogen-bond donors (Lipinski definition) is 0. The van der Waals surface area contributed by atoms with Gasteiger partial charge < -0.3 is 4.74 Å². The van der Waals surface area contributed by atoms with Gasteiger partial charge in [-0.25, -0.2) is 0 Å². The van der Waals surface area contributed by atoms with Gasteiger partial charge in [-0.05, 0) is 12.1 Å². The quantitative estimate of drug-likeness (QED) is 0.778. The second-order valence-corrected chi connectivity index (χ2v) is 4.48. The smallest absolute Gasteiger partial charge is 0.145 e. The summed E-state index contributed by atoms with van der Waals surface area (Å²) in [6.45, 7) is 0. The van der Waals surface area contributed by atoms with Crippen LogP contribution in [-0.4, -0.2) is 22.6 Å². The van der Waals surface area contributed by atoms with E-state index in [1.807, 2.05) is 24.3 Å². The molecule has 0 bridgehead atoms. The zero-order valence-corrected chi connectivity index (χ0v) is 9.38. The van der Waals surface area contributed by atoms with Crippen molar-refractivity contribution < 1.29 is 8.95 Å². The molecule has 0 radical (unpaired) electrons. The summed E-state index contributed by atoms with van der Waals surface area (Å²) in [7, 11) is 0.498. The van der Waals surface area contributed by atoms with Crippen LogP contribution in [0.25, 0.3) is 10.9 Å². The van der Waals surface area contributed by atoms with Crippen LogP contribution in [0.1, 0.15) is 0 Å². The maximum atomic E-state index is 11.5. The van der Waals surface area contributed by atoms with Gasteiger partial charge in [0.15, 0.2) is 0 Å². The van der Waals surface area contributed by atoms with Gasteiger partial charge in [0.25, 0.3) is 0 Å². The summed E-state index contributed by atoms with van der Waals surface area (Å²) in [5.41, 5.74) is 0.851. The first-order valence-corrected chi connectivity index (χ1v) is 6.05. The van der Waals surface area contributed by atoms with E-state index in [1.54, 1.807) is 19.6 Å².